The van der Waals surface area contributed by atoms with Crippen LogP contribution in [0, 0.1) is 6.92 Å². The first-order valence-corrected chi connectivity index (χ1v) is 8.40. The molecule has 144 valence electrons. The summed E-state index contributed by atoms with van der Waals surface area (Å²) in [7, 11) is -6.00. The normalized spacial score (nSPS) is 11.2. The lowest BCUT2D eigenvalue weighted by Crippen LogP contribution is -2.36. The predicted molar refractivity (Wildman–Crippen MR) is 99.4 cm³/mol. The summed E-state index contributed by atoms with van der Waals surface area (Å²) in [6.45, 7) is 2.03. The van der Waals surface area contributed by atoms with Gasteiger partial charge in [-0.2, -0.15) is 0 Å². The smallest absolute Gasteiger partial charge is 0.418 e. The average molecular weight is 389 g/mol. The molecule has 0 aliphatic rings. The van der Waals surface area contributed by atoms with Crippen molar-refractivity contribution in [2.75, 3.05) is 0 Å². The average Bonchev–Trinajstić information content (AvgIpc) is 2.94. The summed E-state index contributed by atoms with van der Waals surface area (Å²) in [5, 5.41) is 0. The van der Waals surface area contributed by atoms with Crippen molar-refractivity contribution in [1.82, 2.24) is 9.25 Å². The maximum absolute atomic E-state index is 13.1. The van der Waals surface area contributed by atoms with E-state index in [9.17, 15) is 22.1 Å². The number of rotatable bonds is 2. The standard InChI is InChI=1S/C19H16N3O.BF4/c1-15-10-12-17(13-11-15)22-19(23)21(16-7-3-2-4-8-16)18-9-5-6-14-20(18)22;2-1(3,4)5/h2-14H,1H3;/q+1;-1. The van der Waals surface area contributed by atoms with Gasteiger partial charge in [-0.1, -0.05) is 42.0 Å². The Morgan fingerprint density at radius 2 is 1.36 bits per heavy atom. The van der Waals surface area contributed by atoms with Crippen LogP contribution in [0.5, 0.6) is 0 Å². The number of nitrogens with zero attached hydrogens (tertiary/aromatic N) is 3. The topological polar surface area (TPSA) is 31.0 Å². The van der Waals surface area contributed by atoms with Crippen LogP contribution in [-0.2, 0) is 0 Å². The Bertz CT molecular complexity index is 1130. The van der Waals surface area contributed by atoms with Crippen molar-refractivity contribution in [1.29, 1.82) is 0 Å². The van der Waals surface area contributed by atoms with Crippen LogP contribution in [0.1, 0.15) is 5.56 Å². The SMILES string of the molecule is Cc1ccc(-n2c(=O)n(-c3ccccc3)c3cccc[n+]32)cc1.F[B-](F)(F)F. The minimum Gasteiger partial charge on any atom is -0.418 e. The summed E-state index contributed by atoms with van der Waals surface area (Å²) >= 11 is 0. The van der Waals surface area contributed by atoms with Crippen LogP contribution in [0.15, 0.2) is 83.8 Å². The van der Waals surface area contributed by atoms with Crippen LogP contribution in [0.4, 0.5) is 17.3 Å². The van der Waals surface area contributed by atoms with E-state index in [0.29, 0.717) is 0 Å². The quantitative estimate of drug-likeness (QED) is 0.290. The second kappa shape index (κ2) is 7.71. The van der Waals surface area contributed by atoms with Gasteiger partial charge in [-0.15, -0.1) is 13.8 Å². The van der Waals surface area contributed by atoms with E-state index in [-0.39, 0.29) is 5.69 Å². The number of benzene rings is 2. The molecular formula is C19H16BF4N3O. The fourth-order valence-corrected chi connectivity index (χ4v) is 2.80. The van der Waals surface area contributed by atoms with Gasteiger partial charge in [0.1, 0.15) is 11.9 Å². The third-order valence-electron chi connectivity index (χ3n) is 3.93. The maximum atomic E-state index is 13.1. The number of halogens is 4. The van der Waals surface area contributed by atoms with Gasteiger partial charge in [-0.05, 0) is 37.3 Å². The summed E-state index contributed by atoms with van der Waals surface area (Å²) < 4.78 is 44.3. The van der Waals surface area contributed by atoms with Gasteiger partial charge >= 0.3 is 18.6 Å². The molecule has 0 N–H and O–H groups in total. The second-order valence-corrected chi connectivity index (χ2v) is 6.00. The fraction of sp³-hybridized carbons (Fsp3) is 0.0526. The van der Waals surface area contributed by atoms with Crippen molar-refractivity contribution in [3.8, 4) is 11.4 Å². The van der Waals surface area contributed by atoms with Crippen LogP contribution in [0.2, 0.25) is 0 Å². The van der Waals surface area contributed by atoms with Gasteiger partial charge in [0, 0.05) is 6.07 Å². The molecule has 2 heterocycles. The zero-order valence-corrected chi connectivity index (χ0v) is 14.8. The van der Waals surface area contributed by atoms with Crippen molar-refractivity contribution < 1.29 is 21.8 Å². The molecule has 0 saturated carbocycles. The van der Waals surface area contributed by atoms with Crippen molar-refractivity contribution in [3.63, 3.8) is 0 Å². The largest absolute Gasteiger partial charge is 0.673 e. The van der Waals surface area contributed by atoms with E-state index in [4.69, 9.17) is 0 Å². The van der Waals surface area contributed by atoms with Crippen molar-refractivity contribution >= 4 is 12.9 Å². The number of fused-ring (bicyclic) bond motifs is 1. The first-order chi connectivity index (χ1) is 13.3. The van der Waals surface area contributed by atoms with Gasteiger partial charge in [0.25, 0.3) is 0 Å². The van der Waals surface area contributed by atoms with E-state index >= 15 is 0 Å². The molecule has 9 heteroatoms. The molecular weight excluding hydrogens is 373 g/mol. The Kier molecular flexibility index (Phi) is 5.35. The number of aromatic nitrogens is 3. The van der Waals surface area contributed by atoms with E-state index in [1.54, 1.807) is 9.25 Å². The molecule has 0 aliphatic heterocycles. The molecule has 4 rings (SSSR count). The van der Waals surface area contributed by atoms with Crippen LogP contribution in [0.25, 0.3) is 17.0 Å². The van der Waals surface area contributed by atoms with E-state index in [2.05, 4.69) is 0 Å². The summed E-state index contributed by atoms with van der Waals surface area (Å²) in [5.74, 6) is 0. The summed E-state index contributed by atoms with van der Waals surface area (Å²) in [4.78, 5) is 13.1. The molecule has 0 saturated heterocycles. The number of para-hydroxylation sites is 1. The highest BCUT2D eigenvalue weighted by Crippen LogP contribution is 2.11. The highest BCUT2D eigenvalue weighted by Gasteiger charge is 2.23. The molecule has 0 unspecified atom stereocenters. The highest BCUT2D eigenvalue weighted by atomic mass is 19.5. The minimum absolute atomic E-state index is 0.0914. The van der Waals surface area contributed by atoms with Crippen LogP contribution in [-0.4, -0.2) is 16.5 Å². The van der Waals surface area contributed by atoms with E-state index in [0.717, 1.165) is 17.0 Å². The van der Waals surface area contributed by atoms with Gasteiger partial charge in [-0.25, -0.2) is 4.79 Å². The number of pyridine rings is 1. The van der Waals surface area contributed by atoms with Gasteiger partial charge in [-0.3, -0.25) is 0 Å². The molecule has 0 spiro atoms. The molecule has 2 aromatic carbocycles. The molecule has 0 atom stereocenters. The number of hydrogen-bond acceptors (Lipinski definition) is 1. The van der Waals surface area contributed by atoms with Crippen molar-refractivity contribution in [2.45, 2.75) is 6.92 Å². The lowest BCUT2D eigenvalue weighted by atomic mass is 10.2. The number of hydrogen-bond donors (Lipinski definition) is 0. The predicted octanol–water partition coefficient (Wildman–Crippen LogP) is 3.98. The van der Waals surface area contributed by atoms with Crippen molar-refractivity contribution in [3.05, 3.63) is 95.0 Å². The summed E-state index contributed by atoms with van der Waals surface area (Å²) in [5.41, 5.74) is 3.60. The summed E-state index contributed by atoms with van der Waals surface area (Å²) in [6.07, 6.45) is 1.90. The lowest BCUT2D eigenvalue weighted by Gasteiger charge is -1.99. The Balaban J connectivity index is 0.000000403. The highest BCUT2D eigenvalue weighted by molar-refractivity contribution is 6.50. The van der Waals surface area contributed by atoms with E-state index in [1.165, 1.54) is 5.56 Å². The molecule has 0 bridgehead atoms. The van der Waals surface area contributed by atoms with Crippen LogP contribution in [0.3, 0.4) is 0 Å². The Morgan fingerprint density at radius 1 is 0.786 bits per heavy atom. The monoisotopic (exact) mass is 389 g/mol. The zero-order valence-electron chi connectivity index (χ0n) is 14.8. The molecule has 0 radical (unpaired) electrons. The lowest BCUT2D eigenvalue weighted by molar-refractivity contribution is -0.600. The molecule has 0 amide bonds. The van der Waals surface area contributed by atoms with Gasteiger partial charge < -0.3 is 17.3 Å². The van der Waals surface area contributed by atoms with E-state index in [1.807, 2.05) is 90.4 Å². The Labute approximate surface area is 158 Å². The van der Waals surface area contributed by atoms with Gasteiger partial charge in [0.2, 0.25) is 0 Å². The Hall–Kier alpha value is -3.36. The molecule has 28 heavy (non-hydrogen) atoms. The second-order valence-electron chi connectivity index (χ2n) is 6.00. The molecule has 4 aromatic rings. The maximum Gasteiger partial charge on any atom is 0.673 e. The summed E-state index contributed by atoms with van der Waals surface area (Å²) in [6, 6.07) is 23.4. The van der Waals surface area contributed by atoms with E-state index < -0.39 is 7.25 Å². The first kappa shape index (κ1) is 19.4. The van der Waals surface area contributed by atoms with Crippen LogP contribution < -0.4 is 10.2 Å². The van der Waals surface area contributed by atoms with Crippen molar-refractivity contribution in [2.24, 2.45) is 0 Å². The minimum atomic E-state index is -6.00. The van der Waals surface area contributed by atoms with Crippen LogP contribution >= 0.6 is 0 Å². The fourth-order valence-electron chi connectivity index (χ4n) is 2.80. The molecule has 4 nitrogen and oxygen atoms in total. The third-order valence-corrected chi connectivity index (χ3v) is 3.93. The molecule has 2 aromatic heterocycles. The first-order valence-electron chi connectivity index (χ1n) is 8.40. The molecule has 0 aliphatic carbocycles. The zero-order chi connectivity index (χ0) is 20.3. The van der Waals surface area contributed by atoms with Gasteiger partial charge in [0.05, 0.1) is 5.69 Å². The molecule has 0 fully saturated rings. The third kappa shape index (κ3) is 4.30. The van der Waals surface area contributed by atoms with Gasteiger partial charge in [0.15, 0.2) is 0 Å². The Morgan fingerprint density at radius 3 is 1.96 bits per heavy atom. The number of aryl methyl sites for hydroxylation is 1.